The van der Waals surface area contributed by atoms with Crippen molar-refractivity contribution in [3.63, 3.8) is 0 Å². The van der Waals surface area contributed by atoms with E-state index in [1.807, 2.05) is 0 Å². The Kier molecular flexibility index (Phi) is 5.96. The number of esters is 1. The van der Waals surface area contributed by atoms with Crippen LogP contribution in [0.5, 0.6) is 40.2 Å². The van der Waals surface area contributed by atoms with Gasteiger partial charge in [0.05, 0.1) is 39.6 Å². The molecule has 0 fully saturated rings. The predicted octanol–water partition coefficient (Wildman–Crippen LogP) is 2.16. The number of methoxy groups -OCH3 is 4. The summed E-state index contributed by atoms with van der Waals surface area (Å²) in [6.45, 7) is 0. The summed E-state index contributed by atoms with van der Waals surface area (Å²) < 4.78 is 25.3. The zero-order valence-electron chi connectivity index (χ0n) is 15.1. The lowest BCUT2D eigenvalue weighted by atomic mass is 10.1. The van der Waals surface area contributed by atoms with Crippen molar-refractivity contribution < 1.29 is 43.5 Å². The van der Waals surface area contributed by atoms with Crippen molar-refractivity contribution in [1.82, 2.24) is 0 Å². The Morgan fingerprint density at radius 2 is 1.33 bits per heavy atom. The number of ether oxygens (including phenoxy) is 5. The van der Waals surface area contributed by atoms with Crippen molar-refractivity contribution in [2.45, 2.75) is 0 Å². The van der Waals surface area contributed by atoms with E-state index in [9.17, 15) is 19.8 Å². The zero-order valence-corrected chi connectivity index (χ0v) is 15.1. The third kappa shape index (κ3) is 3.66. The van der Waals surface area contributed by atoms with E-state index in [4.69, 9.17) is 23.7 Å². The molecule has 0 bridgehead atoms. The Labute approximate surface area is 154 Å². The maximum absolute atomic E-state index is 12.6. The molecule has 9 nitrogen and oxygen atoms in total. The number of benzene rings is 2. The second kappa shape index (κ2) is 8.17. The highest BCUT2D eigenvalue weighted by Gasteiger charge is 2.24. The number of aromatic hydroxyl groups is 2. The van der Waals surface area contributed by atoms with Gasteiger partial charge < -0.3 is 33.9 Å². The lowest BCUT2D eigenvalue weighted by molar-refractivity contribution is 0.0726. The quantitative estimate of drug-likeness (QED) is 0.424. The second-order valence-corrected chi connectivity index (χ2v) is 5.12. The number of hydrogen-bond acceptors (Lipinski definition) is 9. The summed E-state index contributed by atoms with van der Waals surface area (Å²) in [5, 5.41) is 20.1. The standard InChI is InChI=1S/C18H18O9/c1-23-11-5-9(6-12(24-2)14(11)20)18(22)27-16-10(8-19)7-13(25-3)15(21)17(16)26-4/h5-8,20-21H,1-4H3. The average Bonchev–Trinajstić information content (AvgIpc) is 2.68. The molecule has 0 aromatic heterocycles. The first-order valence-electron chi connectivity index (χ1n) is 7.52. The molecular weight excluding hydrogens is 360 g/mol. The van der Waals surface area contributed by atoms with E-state index in [1.54, 1.807) is 0 Å². The van der Waals surface area contributed by atoms with E-state index < -0.39 is 11.7 Å². The molecule has 2 aromatic rings. The molecule has 0 saturated heterocycles. The van der Waals surface area contributed by atoms with Gasteiger partial charge in [-0.15, -0.1) is 0 Å². The molecule has 0 unspecified atom stereocenters. The smallest absolute Gasteiger partial charge is 0.343 e. The molecule has 2 rings (SSSR count). The molecule has 27 heavy (non-hydrogen) atoms. The summed E-state index contributed by atoms with van der Waals surface area (Å²) in [6, 6.07) is 3.67. The summed E-state index contributed by atoms with van der Waals surface area (Å²) in [5.41, 5.74) is -0.108. The molecule has 0 spiro atoms. The molecule has 0 aliphatic carbocycles. The van der Waals surface area contributed by atoms with Crippen LogP contribution >= 0.6 is 0 Å². The van der Waals surface area contributed by atoms with Gasteiger partial charge in [0, 0.05) is 0 Å². The van der Waals surface area contributed by atoms with Crippen LogP contribution in [0.15, 0.2) is 18.2 Å². The van der Waals surface area contributed by atoms with Crippen LogP contribution in [0.1, 0.15) is 20.7 Å². The Balaban J connectivity index is 2.53. The summed E-state index contributed by atoms with van der Waals surface area (Å²) in [7, 11) is 5.13. The van der Waals surface area contributed by atoms with Crippen LogP contribution in [0.25, 0.3) is 0 Å². The number of phenols is 2. The van der Waals surface area contributed by atoms with Crippen LogP contribution in [-0.4, -0.2) is 50.9 Å². The van der Waals surface area contributed by atoms with Crippen molar-refractivity contribution in [2.75, 3.05) is 28.4 Å². The van der Waals surface area contributed by atoms with E-state index >= 15 is 0 Å². The van der Waals surface area contributed by atoms with E-state index in [-0.39, 0.29) is 45.6 Å². The Hall–Kier alpha value is -3.62. The minimum atomic E-state index is -0.905. The van der Waals surface area contributed by atoms with Crippen molar-refractivity contribution in [1.29, 1.82) is 0 Å². The fourth-order valence-electron chi connectivity index (χ4n) is 2.33. The van der Waals surface area contributed by atoms with Crippen molar-refractivity contribution in [2.24, 2.45) is 0 Å². The molecule has 0 atom stereocenters. The van der Waals surface area contributed by atoms with E-state index in [0.717, 1.165) is 0 Å². The highest BCUT2D eigenvalue weighted by atomic mass is 16.6. The fraction of sp³-hybridized carbons (Fsp3) is 0.222. The molecule has 0 aliphatic rings. The van der Waals surface area contributed by atoms with Gasteiger partial charge in [0.2, 0.25) is 17.2 Å². The number of hydrogen-bond donors (Lipinski definition) is 2. The molecule has 144 valence electrons. The van der Waals surface area contributed by atoms with Gasteiger partial charge in [-0.25, -0.2) is 4.79 Å². The maximum atomic E-state index is 12.6. The largest absolute Gasteiger partial charge is 0.502 e. The van der Waals surface area contributed by atoms with E-state index in [1.165, 1.54) is 46.6 Å². The van der Waals surface area contributed by atoms with Crippen molar-refractivity contribution >= 4 is 12.3 Å². The van der Waals surface area contributed by atoms with E-state index in [0.29, 0.717) is 6.29 Å². The van der Waals surface area contributed by atoms with Gasteiger partial charge in [-0.05, 0) is 18.2 Å². The molecule has 0 aliphatic heterocycles. The van der Waals surface area contributed by atoms with Gasteiger partial charge in [0.15, 0.2) is 29.3 Å². The SMILES string of the molecule is COc1cc(C(=O)Oc2c(C=O)cc(OC)c(O)c2OC)cc(OC)c1O. The van der Waals surface area contributed by atoms with Gasteiger partial charge in [-0.2, -0.15) is 0 Å². The summed E-state index contributed by atoms with van der Waals surface area (Å²) >= 11 is 0. The first-order valence-corrected chi connectivity index (χ1v) is 7.52. The third-order valence-electron chi connectivity index (χ3n) is 3.66. The number of phenolic OH excluding ortho intramolecular Hbond substituents is 2. The number of aldehydes is 1. The lowest BCUT2D eigenvalue weighted by Gasteiger charge is -2.16. The molecule has 0 heterocycles. The van der Waals surface area contributed by atoms with Crippen molar-refractivity contribution in [3.8, 4) is 40.2 Å². The van der Waals surface area contributed by atoms with Crippen LogP contribution in [0.4, 0.5) is 0 Å². The monoisotopic (exact) mass is 378 g/mol. The van der Waals surface area contributed by atoms with Crippen LogP contribution in [-0.2, 0) is 0 Å². The van der Waals surface area contributed by atoms with Gasteiger partial charge >= 0.3 is 5.97 Å². The molecule has 0 amide bonds. The maximum Gasteiger partial charge on any atom is 0.343 e. The van der Waals surface area contributed by atoms with Gasteiger partial charge in [-0.1, -0.05) is 0 Å². The fourth-order valence-corrected chi connectivity index (χ4v) is 2.33. The average molecular weight is 378 g/mol. The number of carbonyl (C=O) groups excluding carboxylic acids is 2. The Morgan fingerprint density at radius 1 is 0.815 bits per heavy atom. The van der Waals surface area contributed by atoms with E-state index in [2.05, 4.69) is 0 Å². The van der Waals surface area contributed by atoms with Crippen LogP contribution in [0.3, 0.4) is 0 Å². The van der Waals surface area contributed by atoms with Gasteiger partial charge in [0.1, 0.15) is 0 Å². The Morgan fingerprint density at radius 3 is 1.78 bits per heavy atom. The topological polar surface area (TPSA) is 121 Å². The molecule has 0 radical (unpaired) electrons. The van der Waals surface area contributed by atoms with Crippen LogP contribution < -0.4 is 23.7 Å². The molecule has 2 N–H and O–H groups in total. The number of carbonyl (C=O) groups is 2. The van der Waals surface area contributed by atoms with Crippen LogP contribution in [0, 0.1) is 0 Å². The molecular formula is C18H18O9. The van der Waals surface area contributed by atoms with Gasteiger partial charge in [0.25, 0.3) is 0 Å². The lowest BCUT2D eigenvalue weighted by Crippen LogP contribution is -2.11. The minimum absolute atomic E-state index is 0.0125. The molecule has 9 heteroatoms. The highest BCUT2D eigenvalue weighted by molar-refractivity contribution is 5.95. The Bertz CT molecular complexity index is 849. The first kappa shape index (κ1) is 19.7. The third-order valence-corrected chi connectivity index (χ3v) is 3.66. The zero-order chi connectivity index (χ0) is 20.1. The second-order valence-electron chi connectivity index (χ2n) is 5.12. The minimum Gasteiger partial charge on any atom is -0.502 e. The highest BCUT2D eigenvalue weighted by Crippen LogP contribution is 2.46. The van der Waals surface area contributed by atoms with Gasteiger partial charge in [-0.3, -0.25) is 4.79 Å². The van der Waals surface area contributed by atoms with Crippen molar-refractivity contribution in [3.05, 3.63) is 29.3 Å². The predicted molar refractivity (Wildman–Crippen MR) is 92.8 cm³/mol. The van der Waals surface area contributed by atoms with Crippen LogP contribution in [0.2, 0.25) is 0 Å². The summed E-state index contributed by atoms with van der Waals surface area (Å²) in [6.07, 6.45) is 0.422. The normalized spacial score (nSPS) is 10.1. The molecule has 2 aromatic carbocycles. The summed E-state index contributed by atoms with van der Waals surface area (Å²) in [5.74, 6) is -2.22. The number of rotatable bonds is 7. The first-order chi connectivity index (χ1) is 12.9. The molecule has 0 saturated carbocycles. The summed E-state index contributed by atoms with van der Waals surface area (Å²) in [4.78, 5) is 23.9.